The number of hydrogen-bond acceptors (Lipinski definition) is 16. The molecule has 11 atom stereocenters. The van der Waals surface area contributed by atoms with Crippen LogP contribution < -0.4 is 21.3 Å². The predicted octanol–water partition coefficient (Wildman–Crippen LogP) is -0.249. The van der Waals surface area contributed by atoms with Crippen molar-refractivity contribution in [2.24, 2.45) is 61.4 Å². The molecule has 9 aliphatic rings. The van der Waals surface area contributed by atoms with Gasteiger partial charge < -0.3 is 16.0 Å². The number of fused-ring (bicyclic) bond motifs is 18. The lowest BCUT2D eigenvalue weighted by molar-refractivity contribution is 0.360. The zero-order valence-corrected chi connectivity index (χ0v) is 31.7. The van der Waals surface area contributed by atoms with Crippen LogP contribution >= 0.6 is 0 Å². The maximum atomic E-state index is 13.3. The Kier molecular flexibility index (Phi) is 8.33. The number of hydrogen-bond donors (Lipinski definition) is 8. The third kappa shape index (κ3) is 5.93. The molecule has 5 aliphatic heterocycles. The number of nitrogens with one attached hydrogen (secondary N) is 4. The first-order valence-electron chi connectivity index (χ1n) is 17.1. The molecule has 0 aromatic rings. The van der Waals surface area contributed by atoms with E-state index in [4.69, 9.17) is 20.0 Å². The van der Waals surface area contributed by atoms with Crippen LogP contribution in [0, 0.1) is 41.4 Å². The van der Waals surface area contributed by atoms with Gasteiger partial charge in [0, 0.05) is 35.5 Å². The maximum Gasteiger partial charge on any atom is 0.297 e. The Morgan fingerprint density at radius 2 is 1.21 bits per heavy atom. The van der Waals surface area contributed by atoms with Crippen molar-refractivity contribution in [2.45, 2.75) is 31.1 Å². The molecular weight excluding hydrogens is 817 g/mol. The lowest BCUT2D eigenvalue weighted by Gasteiger charge is -2.32. The zero-order valence-electron chi connectivity index (χ0n) is 28.4. The van der Waals surface area contributed by atoms with E-state index in [0.29, 0.717) is 29.5 Å². The van der Waals surface area contributed by atoms with Gasteiger partial charge in [0.25, 0.3) is 40.5 Å². The monoisotopic (exact) mass is 848 g/mol. The summed E-state index contributed by atoms with van der Waals surface area (Å²) in [7, 11) is -24.1. The summed E-state index contributed by atoms with van der Waals surface area (Å²) < 4.78 is 147. The minimum atomic E-state index is -6.14. The highest BCUT2D eigenvalue weighted by molar-refractivity contribution is 7.98. The normalized spacial score (nSPS) is 36.9. The average Bonchev–Trinajstić information content (AvgIpc) is 3.84. The van der Waals surface area contributed by atoms with E-state index in [1.807, 2.05) is 36.5 Å². The summed E-state index contributed by atoms with van der Waals surface area (Å²) in [4.78, 5) is 11.8. The molecule has 0 aromatic carbocycles. The average molecular weight is 849 g/mol. The van der Waals surface area contributed by atoms with E-state index in [-0.39, 0.29) is 17.8 Å². The maximum absolute atomic E-state index is 13.3. The molecule has 8 N–H and O–H groups in total. The number of allylic oxidation sites excluding steroid dienone is 7. The van der Waals surface area contributed by atoms with Crippen molar-refractivity contribution in [3.8, 4) is 0 Å². The molecule has 0 radical (unpaired) electrons. The van der Waals surface area contributed by atoms with Gasteiger partial charge in [-0.25, -0.2) is 20.0 Å². The van der Waals surface area contributed by atoms with E-state index in [0.717, 1.165) is 0 Å². The van der Waals surface area contributed by atoms with Crippen LogP contribution in [0.1, 0.15) is 6.42 Å². The minimum absolute atomic E-state index is 0.179. The van der Waals surface area contributed by atoms with Crippen LogP contribution in [0.2, 0.25) is 0 Å². The summed E-state index contributed by atoms with van der Waals surface area (Å²) in [5.41, 5.74) is 0.629. The summed E-state index contributed by atoms with van der Waals surface area (Å²) in [6.45, 7) is 0. The van der Waals surface area contributed by atoms with Crippen molar-refractivity contribution in [2.75, 3.05) is 0 Å². The highest BCUT2D eigenvalue weighted by Crippen LogP contribution is 2.51. The Bertz CT molecular complexity index is 2710. The van der Waals surface area contributed by atoms with Gasteiger partial charge >= 0.3 is 0 Å². The fourth-order valence-electron chi connectivity index (χ4n) is 8.99. The fraction of sp³-hybridized carbons (Fsp3) is 0.375. The van der Waals surface area contributed by atoms with Gasteiger partial charge in [-0.05, 0) is 12.0 Å². The van der Waals surface area contributed by atoms with Crippen molar-refractivity contribution < 1.29 is 51.9 Å². The van der Waals surface area contributed by atoms with Crippen LogP contribution in [-0.4, -0.2) is 99.9 Å². The molecule has 20 nitrogen and oxygen atoms in total. The lowest BCUT2D eigenvalue weighted by atomic mass is 9.86. The van der Waals surface area contributed by atoms with Crippen molar-refractivity contribution >= 4 is 63.8 Å². The van der Waals surface area contributed by atoms with Gasteiger partial charge in [0.1, 0.15) is 55.3 Å². The van der Waals surface area contributed by atoms with Crippen molar-refractivity contribution in [3.05, 3.63) is 92.0 Å². The van der Waals surface area contributed by atoms with Crippen LogP contribution in [0.25, 0.3) is 0 Å². The molecule has 2 fully saturated rings. The summed E-state index contributed by atoms with van der Waals surface area (Å²) in [6, 6.07) is 0. The van der Waals surface area contributed by atoms with E-state index >= 15 is 0 Å². The van der Waals surface area contributed by atoms with E-state index in [9.17, 15) is 51.9 Å². The second-order valence-electron chi connectivity index (χ2n) is 14.3. The highest BCUT2D eigenvalue weighted by atomic mass is 32.2. The number of aliphatic imine (C=N–C) groups is 4. The molecule has 4 aliphatic carbocycles. The molecule has 9 rings (SSSR count). The molecule has 0 aromatic heterocycles. The molecule has 0 spiro atoms. The Hall–Kier alpha value is -4.40. The molecule has 24 heteroatoms. The third-order valence-corrected chi connectivity index (χ3v) is 15.5. The second-order valence-corrected chi connectivity index (χ2v) is 19.8. The Morgan fingerprint density at radius 1 is 0.607 bits per heavy atom. The molecule has 2 saturated heterocycles. The molecule has 8 bridgehead atoms. The van der Waals surface area contributed by atoms with E-state index in [1.54, 1.807) is 30.4 Å². The van der Waals surface area contributed by atoms with Gasteiger partial charge in [-0.2, -0.15) is 33.7 Å². The van der Waals surface area contributed by atoms with Crippen LogP contribution in [0.15, 0.2) is 112 Å². The topological polar surface area (TPSA) is 315 Å². The Labute approximate surface area is 320 Å². The van der Waals surface area contributed by atoms with Gasteiger partial charge in [0.05, 0.1) is 12.1 Å². The molecule has 296 valence electrons. The minimum Gasteiger partial charge on any atom is -0.357 e. The van der Waals surface area contributed by atoms with Crippen molar-refractivity contribution in [3.63, 3.8) is 0 Å². The number of nitrogens with zero attached hydrogens (tertiary/aromatic N) is 4. The standard InChI is InChI=1S/C32H32N8O12S4/c41-53(42,43)21-19-20(22(54(44,45)46)24(56(50,51)52)23(21)55(47,48)49)32-39-30-18-12-6-4-10-16(18)28(37-30)35-26-14-8-2-1-7-13(14)25(33-26)34-27-15-9-3-5-11-17(15)29(36-27)38-31(19)40-32/h1-9,11-17,19-20,25,29-30,32,39H,10H2,(H,34,36)(H,38,40)(H,33,35,37)(H,41,42,43)(H,44,45,46)(H,47,48,49)(H,50,51,52). The van der Waals surface area contributed by atoms with Gasteiger partial charge in [-0.15, -0.1) is 0 Å². The molecular formula is C32H32N8O12S4. The second kappa shape index (κ2) is 12.5. The van der Waals surface area contributed by atoms with Crippen LogP contribution in [0.5, 0.6) is 0 Å². The largest absolute Gasteiger partial charge is 0.357 e. The third-order valence-electron chi connectivity index (χ3n) is 11.1. The first-order valence-corrected chi connectivity index (χ1v) is 22.9. The highest BCUT2D eigenvalue weighted by Gasteiger charge is 2.60. The van der Waals surface area contributed by atoms with Crippen molar-refractivity contribution in [1.29, 1.82) is 0 Å². The summed E-state index contributed by atoms with van der Waals surface area (Å²) in [6.07, 6.45) is 16.4. The molecule has 5 heterocycles. The zero-order chi connectivity index (χ0) is 39.7. The van der Waals surface area contributed by atoms with Gasteiger partial charge in [0.15, 0.2) is 6.17 Å². The van der Waals surface area contributed by atoms with Crippen LogP contribution in [0.4, 0.5) is 0 Å². The molecule has 0 saturated carbocycles. The summed E-state index contributed by atoms with van der Waals surface area (Å²) >= 11 is 0. The predicted molar refractivity (Wildman–Crippen MR) is 201 cm³/mol. The quantitative estimate of drug-likeness (QED) is 0.169. The Morgan fingerprint density at radius 3 is 1.88 bits per heavy atom. The van der Waals surface area contributed by atoms with Gasteiger partial charge in [0.2, 0.25) is 0 Å². The number of amidine groups is 4. The van der Waals surface area contributed by atoms with E-state index < -0.39 is 114 Å². The van der Waals surface area contributed by atoms with E-state index in [1.165, 1.54) is 0 Å². The molecule has 0 amide bonds. The van der Waals surface area contributed by atoms with Crippen molar-refractivity contribution in [1.82, 2.24) is 21.3 Å². The van der Waals surface area contributed by atoms with E-state index in [2.05, 4.69) is 21.3 Å². The molecule has 56 heavy (non-hydrogen) atoms. The smallest absolute Gasteiger partial charge is 0.297 e. The Balaban J connectivity index is 1.32. The lowest BCUT2D eigenvalue weighted by Crippen LogP contribution is -2.49. The number of rotatable bonds is 4. The van der Waals surface area contributed by atoms with Crippen LogP contribution in [-0.2, 0) is 40.5 Å². The molecule has 11 unspecified atom stereocenters. The van der Waals surface area contributed by atoms with Gasteiger partial charge in [-0.1, -0.05) is 66.8 Å². The van der Waals surface area contributed by atoms with Crippen LogP contribution in [0.3, 0.4) is 0 Å². The fourth-order valence-corrected chi connectivity index (χ4v) is 14.3. The first-order chi connectivity index (χ1) is 26.3. The summed E-state index contributed by atoms with van der Waals surface area (Å²) in [5.74, 6) is -5.20. The SMILES string of the molecule is O=S(=O)(O)C1=C(S(=O)(=O)O)C2C3=NC4NC(=NC5N=C(NC6=NC(NC(N3)C2C(S(=O)(=O)O)=C1S(=O)(=O)O)C1=CC=CCC16)C1C=CC=CC51)C1C=CC=CC41. The van der Waals surface area contributed by atoms with Gasteiger partial charge in [-0.3, -0.25) is 23.5 Å². The first kappa shape index (κ1) is 37.2. The summed E-state index contributed by atoms with van der Waals surface area (Å²) in [5, 5.41) is 12.5.